The van der Waals surface area contributed by atoms with Crippen molar-refractivity contribution >= 4 is 16.5 Å². The molecule has 96 valence electrons. The second-order valence-electron chi connectivity index (χ2n) is 4.25. The van der Waals surface area contributed by atoms with Crippen LogP contribution >= 0.6 is 11.3 Å². The van der Waals surface area contributed by atoms with E-state index in [0.717, 1.165) is 5.56 Å². The van der Waals surface area contributed by atoms with Crippen LogP contribution in [-0.2, 0) is 6.42 Å². The van der Waals surface area contributed by atoms with Gasteiger partial charge in [-0.25, -0.2) is 4.98 Å². The van der Waals surface area contributed by atoms with Crippen molar-refractivity contribution in [2.24, 2.45) is 0 Å². The zero-order valence-corrected chi connectivity index (χ0v) is 11.1. The van der Waals surface area contributed by atoms with Gasteiger partial charge < -0.3 is 10.3 Å². The average molecular weight is 272 g/mol. The second-order valence-corrected chi connectivity index (χ2v) is 5.14. The van der Waals surface area contributed by atoms with Gasteiger partial charge in [0.25, 0.3) is 5.89 Å². The molecule has 0 saturated carbocycles. The third-order valence-corrected chi connectivity index (χ3v) is 3.37. The fourth-order valence-electron chi connectivity index (χ4n) is 1.70. The van der Waals surface area contributed by atoms with Crippen LogP contribution in [0.25, 0.3) is 11.6 Å². The molecule has 2 heterocycles. The summed E-state index contributed by atoms with van der Waals surface area (Å²) < 4.78 is 5.19. The van der Waals surface area contributed by atoms with Gasteiger partial charge in [0, 0.05) is 11.8 Å². The van der Waals surface area contributed by atoms with E-state index in [2.05, 4.69) is 46.3 Å². The number of hydrogen-bond acceptors (Lipinski definition) is 6. The lowest BCUT2D eigenvalue weighted by molar-refractivity contribution is 0.423. The number of aryl methyl sites for hydroxylation is 1. The molecule has 6 heteroatoms. The Morgan fingerprint density at radius 3 is 2.68 bits per heavy atom. The van der Waals surface area contributed by atoms with Gasteiger partial charge in [0.1, 0.15) is 5.69 Å². The third kappa shape index (κ3) is 2.63. The van der Waals surface area contributed by atoms with Crippen molar-refractivity contribution in [3.8, 4) is 11.6 Å². The molecule has 0 aliphatic rings. The highest BCUT2D eigenvalue weighted by Gasteiger charge is 2.12. The van der Waals surface area contributed by atoms with Crippen molar-refractivity contribution in [3.05, 3.63) is 46.6 Å². The third-order valence-electron chi connectivity index (χ3n) is 2.69. The summed E-state index contributed by atoms with van der Waals surface area (Å²) in [5.41, 5.74) is 8.59. The molecular weight excluding hydrogens is 260 g/mol. The topological polar surface area (TPSA) is 77.8 Å². The molecule has 0 aliphatic carbocycles. The van der Waals surface area contributed by atoms with E-state index in [1.165, 1.54) is 16.9 Å². The Morgan fingerprint density at radius 1 is 1.21 bits per heavy atom. The van der Waals surface area contributed by atoms with Gasteiger partial charge in [-0.3, -0.25) is 0 Å². The quantitative estimate of drug-likeness (QED) is 0.793. The molecule has 0 spiro atoms. The Hall–Kier alpha value is -2.21. The highest BCUT2D eigenvalue weighted by molar-refractivity contribution is 7.13. The monoisotopic (exact) mass is 272 g/mol. The number of nitrogen functional groups attached to an aromatic ring is 1. The molecule has 1 aromatic carbocycles. The summed E-state index contributed by atoms with van der Waals surface area (Å²) in [6.45, 7) is 2.06. The van der Waals surface area contributed by atoms with Crippen LogP contribution in [0.3, 0.4) is 0 Å². The van der Waals surface area contributed by atoms with Crippen LogP contribution < -0.4 is 5.73 Å². The van der Waals surface area contributed by atoms with E-state index in [0.29, 0.717) is 29.0 Å². The number of nitrogens with two attached hydrogens (primary N) is 1. The van der Waals surface area contributed by atoms with Gasteiger partial charge in [-0.2, -0.15) is 4.98 Å². The molecule has 0 amide bonds. The second kappa shape index (κ2) is 4.81. The molecule has 5 nitrogen and oxygen atoms in total. The molecule has 0 fully saturated rings. The first-order valence-electron chi connectivity index (χ1n) is 5.80. The Balaban J connectivity index is 1.80. The van der Waals surface area contributed by atoms with Crippen LogP contribution in [0.15, 0.2) is 34.2 Å². The van der Waals surface area contributed by atoms with Crippen molar-refractivity contribution in [1.29, 1.82) is 0 Å². The molecule has 0 radical (unpaired) electrons. The van der Waals surface area contributed by atoms with E-state index in [1.54, 1.807) is 5.38 Å². The predicted octanol–water partition coefficient (Wildman–Crippen LogP) is 2.67. The van der Waals surface area contributed by atoms with Crippen LogP contribution in [0.2, 0.25) is 0 Å². The number of nitrogens with zero attached hydrogens (tertiary/aromatic N) is 3. The molecule has 0 atom stereocenters. The summed E-state index contributed by atoms with van der Waals surface area (Å²) in [5.74, 6) is 1.06. The van der Waals surface area contributed by atoms with E-state index < -0.39 is 0 Å². The zero-order valence-electron chi connectivity index (χ0n) is 10.3. The fraction of sp³-hybridized carbons (Fsp3) is 0.154. The maximum absolute atomic E-state index is 5.58. The molecule has 0 unspecified atom stereocenters. The Bertz CT molecular complexity index is 687. The number of rotatable bonds is 3. The van der Waals surface area contributed by atoms with Gasteiger partial charge in [0.2, 0.25) is 0 Å². The zero-order chi connectivity index (χ0) is 13.2. The van der Waals surface area contributed by atoms with Crippen LogP contribution in [0.1, 0.15) is 17.0 Å². The number of hydrogen-bond donors (Lipinski definition) is 1. The van der Waals surface area contributed by atoms with Gasteiger partial charge in [-0.05, 0) is 12.5 Å². The molecule has 3 aromatic rings. The Kier molecular flexibility index (Phi) is 3.00. The van der Waals surface area contributed by atoms with E-state index in [1.807, 2.05) is 0 Å². The number of anilines is 1. The Labute approximate surface area is 114 Å². The van der Waals surface area contributed by atoms with Crippen LogP contribution in [-0.4, -0.2) is 15.1 Å². The highest BCUT2D eigenvalue weighted by Crippen LogP contribution is 2.21. The van der Waals surface area contributed by atoms with Crippen molar-refractivity contribution in [3.63, 3.8) is 0 Å². The van der Waals surface area contributed by atoms with Crippen molar-refractivity contribution < 1.29 is 4.52 Å². The van der Waals surface area contributed by atoms with Gasteiger partial charge >= 0.3 is 0 Å². The van der Waals surface area contributed by atoms with Crippen molar-refractivity contribution in [1.82, 2.24) is 15.1 Å². The van der Waals surface area contributed by atoms with Crippen LogP contribution in [0, 0.1) is 6.92 Å². The summed E-state index contributed by atoms with van der Waals surface area (Å²) in [6.07, 6.45) is 0.642. The first kappa shape index (κ1) is 11.9. The summed E-state index contributed by atoms with van der Waals surface area (Å²) in [7, 11) is 0. The molecule has 2 N–H and O–H groups in total. The number of aromatic nitrogens is 3. The molecular formula is C13H12N4OS. The molecule has 0 aliphatic heterocycles. The smallest absolute Gasteiger partial charge is 0.277 e. The van der Waals surface area contributed by atoms with E-state index in [4.69, 9.17) is 10.3 Å². The lowest BCUT2D eigenvalue weighted by atomic mass is 10.1. The number of thiazole rings is 1. The summed E-state index contributed by atoms with van der Waals surface area (Å²) in [4.78, 5) is 8.44. The molecule has 3 rings (SSSR count). The lowest BCUT2D eigenvalue weighted by Gasteiger charge is -1.96. The minimum Gasteiger partial charge on any atom is -0.375 e. The summed E-state index contributed by atoms with van der Waals surface area (Å²) >= 11 is 1.35. The SMILES string of the molecule is Cc1ccc(Cc2noc(-c3csc(N)n3)n2)cc1. The van der Waals surface area contributed by atoms with Crippen LogP contribution in [0.5, 0.6) is 0 Å². The van der Waals surface area contributed by atoms with E-state index in [-0.39, 0.29) is 0 Å². The first-order valence-corrected chi connectivity index (χ1v) is 6.68. The van der Waals surface area contributed by atoms with Crippen molar-refractivity contribution in [2.45, 2.75) is 13.3 Å². The molecule has 19 heavy (non-hydrogen) atoms. The lowest BCUT2D eigenvalue weighted by Crippen LogP contribution is -1.91. The predicted molar refractivity (Wildman–Crippen MR) is 73.8 cm³/mol. The van der Waals surface area contributed by atoms with E-state index >= 15 is 0 Å². The Morgan fingerprint density at radius 2 is 2.00 bits per heavy atom. The maximum atomic E-state index is 5.58. The molecule has 0 saturated heterocycles. The van der Waals surface area contributed by atoms with Gasteiger partial charge in [-0.15, -0.1) is 11.3 Å². The van der Waals surface area contributed by atoms with Gasteiger partial charge in [0.15, 0.2) is 11.0 Å². The number of benzene rings is 1. The minimum absolute atomic E-state index is 0.412. The standard InChI is InChI=1S/C13H12N4OS/c1-8-2-4-9(5-3-8)6-11-16-12(18-17-11)10-7-19-13(14)15-10/h2-5,7H,6H2,1H3,(H2,14,15). The van der Waals surface area contributed by atoms with Crippen molar-refractivity contribution in [2.75, 3.05) is 5.73 Å². The summed E-state index contributed by atoms with van der Waals surface area (Å²) in [6, 6.07) is 8.26. The normalized spacial score (nSPS) is 10.8. The average Bonchev–Trinajstić information content (AvgIpc) is 3.01. The highest BCUT2D eigenvalue weighted by atomic mass is 32.1. The molecule has 2 aromatic heterocycles. The fourth-order valence-corrected chi connectivity index (χ4v) is 2.24. The maximum Gasteiger partial charge on any atom is 0.277 e. The van der Waals surface area contributed by atoms with Gasteiger partial charge in [-0.1, -0.05) is 35.0 Å². The van der Waals surface area contributed by atoms with E-state index in [9.17, 15) is 0 Å². The first-order chi connectivity index (χ1) is 9.20. The largest absolute Gasteiger partial charge is 0.375 e. The van der Waals surface area contributed by atoms with Crippen LogP contribution in [0.4, 0.5) is 5.13 Å². The minimum atomic E-state index is 0.412. The molecule has 0 bridgehead atoms. The summed E-state index contributed by atoms with van der Waals surface area (Å²) in [5, 5.41) is 6.26. The van der Waals surface area contributed by atoms with Gasteiger partial charge in [0.05, 0.1) is 0 Å².